The van der Waals surface area contributed by atoms with Crippen molar-refractivity contribution >= 4 is 23.4 Å². The van der Waals surface area contributed by atoms with Crippen molar-refractivity contribution in [3.8, 4) is 0 Å². The van der Waals surface area contributed by atoms with Gasteiger partial charge >= 0.3 is 0 Å². The van der Waals surface area contributed by atoms with Gasteiger partial charge in [0.05, 0.1) is 12.0 Å². The van der Waals surface area contributed by atoms with Crippen molar-refractivity contribution in [2.45, 2.75) is 49.8 Å². The standard InChI is InChI=1S/C16H23ClN2O2/c17-16-7-11-4-12(8-16)6-15(5-11,10-16)14(21)18-9-13(20)19-2-1-3-19/h11-12H,1-10H2,(H,18,21)/t11-,12+,15?,16?. The molecule has 4 atom stereocenters. The van der Waals surface area contributed by atoms with Crippen LogP contribution in [0.2, 0.25) is 0 Å². The summed E-state index contributed by atoms with van der Waals surface area (Å²) in [5.41, 5.74) is -0.291. The predicted octanol–water partition coefficient (Wildman–Crippen LogP) is 1.91. The van der Waals surface area contributed by atoms with E-state index in [4.69, 9.17) is 11.6 Å². The lowest BCUT2D eigenvalue weighted by Crippen LogP contribution is -2.59. The molecule has 4 aliphatic carbocycles. The highest BCUT2D eigenvalue weighted by Gasteiger charge is 2.60. The molecule has 2 amide bonds. The fourth-order valence-corrected chi connectivity index (χ4v) is 6.13. The lowest BCUT2D eigenvalue weighted by Gasteiger charge is -2.59. The molecular formula is C16H23ClN2O2. The van der Waals surface area contributed by atoms with Crippen LogP contribution >= 0.6 is 11.6 Å². The van der Waals surface area contributed by atoms with Crippen molar-refractivity contribution < 1.29 is 9.59 Å². The van der Waals surface area contributed by atoms with Gasteiger partial charge in [0.1, 0.15) is 0 Å². The third-order valence-corrected chi connectivity index (χ3v) is 6.52. The Labute approximate surface area is 130 Å². The van der Waals surface area contributed by atoms with Crippen molar-refractivity contribution in [3.05, 3.63) is 0 Å². The number of hydrogen-bond acceptors (Lipinski definition) is 2. The molecule has 1 saturated heterocycles. The second kappa shape index (κ2) is 4.61. The predicted molar refractivity (Wildman–Crippen MR) is 79.9 cm³/mol. The molecule has 1 heterocycles. The number of carbonyl (C=O) groups is 2. The molecule has 0 aromatic carbocycles. The van der Waals surface area contributed by atoms with Crippen molar-refractivity contribution in [1.82, 2.24) is 10.2 Å². The number of amides is 2. The van der Waals surface area contributed by atoms with Crippen LogP contribution in [0.25, 0.3) is 0 Å². The second-order valence-corrected chi connectivity index (χ2v) is 8.61. The minimum atomic E-state index is -0.291. The molecule has 0 spiro atoms. The summed E-state index contributed by atoms with van der Waals surface area (Å²) in [6.07, 6.45) is 7.24. The molecule has 1 aliphatic heterocycles. The summed E-state index contributed by atoms with van der Waals surface area (Å²) in [6.45, 7) is 1.84. The first kappa shape index (κ1) is 13.9. The van der Waals surface area contributed by atoms with E-state index in [9.17, 15) is 9.59 Å². The molecule has 5 aliphatic rings. The fourth-order valence-electron chi connectivity index (χ4n) is 5.44. The highest BCUT2D eigenvalue weighted by Crippen LogP contribution is 2.63. The molecule has 0 aromatic heterocycles. The maximum Gasteiger partial charge on any atom is 0.241 e. The topological polar surface area (TPSA) is 49.4 Å². The van der Waals surface area contributed by atoms with E-state index in [1.807, 2.05) is 4.90 Å². The van der Waals surface area contributed by atoms with Crippen LogP contribution in [0, 0.1) is 17.3 Å². The average Bonchev–Trinajstić information content (AvgIpc) is 2.30. The minimum absolute atomic E-state index is 0.0555. The smallest absolute Gasteiger partial charge is 0.241 e. The third-order valence-electron chi connectivity index (χ3n) is 6.08. The summed E-state index contributed by atoms with van der Waals surface area (Å²) in [4.78, 5) is 26.3. The van der Waals surface area contributed by atoms with Crippen LogP contribution in [-0.4, -0.2) is 41.2 Å². The van der Waals surface area contributed by atoms with Gasteiger partial charge in [0, 0.05) is 18.0 Å². The molecule has 116 valence electrons. The van der Waals surface area contributed by atoms with E-state index in [2.05, 4.69) is 5.32 Å². The third kappa shape index (κ3) is 2.26. The number of nitrogens with one attached hydrogen (secondary N) is 1. The molecule has 5 rings (SSSR count). The summed E-state index contributed by atoms with van der Waals surface area (Å²) in [6, 6.07) is 0. The van der Waals surface area contributed by atoms with Crippen molar-refractivity contribution in [2.24, 2.45) is 17.3 Å². The van der Waals surface area contributed by atoms with Gasteiger partial charge in [-0.15, -0.1) is 11.6 Å². The zero-order chi connectivity index (χ0) is 14.7. The van der Waals surface area contributed by atoms with Gasteiger partial charge in [0.15, 0.2) is 0 Å². The van der Waals surface area contributed by atoms with Crippen LogP contribution in [0.1, 0.15) is 44.9 Å². The van der Waals surface area contributed by atoms with Gasteiger partial charge in [0.2, 0.25) is 11.8 Å². The number of nitrogens with zero attached hydrogens (tertiary/aromatic N) is 1. The van der Waals surface area contributed by atoms with Crippen molar-refractivity contribution in [1.29, 1.82) is 0 Å². The van der Waals surface area contributed by atoms with Crippen LogP contribution in [0.5, 0.6) is 0 Å². The second-order valence-electron chi connectivity index (χ2n) is 7.81. The van der Waals surface area contributed by atoms with E-state index in [1.165, 1.54) is 6.42 Å². The molecule has 5 heteroatoms. The van der Waals surface area contributed by atoms with E-state index in [0.717, 1.165) is 51.6 Å². The summed E-state index contributed by atoms with van der Waals surface area (Å²) in [7, 11) is 0. The monoisotopic (exact) mass is 310 g/mol. The Morgan fingerprint density at radius 2 is 1.81 bits per heavy atom. The average molecular weight is 311 g/mol. The highest BCUT2D eigenvalue weighted by molar-refractivity contribution is 6.24. The van der Waals surface area contributed by atoms with Crippen LogP contribution in [0.3, 0.4) is 0 Å². The molecule has 4 saturated carbocycles. The van der Waals surface area contributed by atoms with Gasteiger partial charge in [-0.2, -0.15) is 0 Å². The SMILES string of the molecule is O=C(CNC(=O)C12C[C@@H]3C[C@@H](CC(Cl)(C3)C1)C2)N1CCC1. The Hall–Kier alpha value is -0.770. The number of carbonyl (C=O) groups excluding carboxylic acids is 2. The molecule has 21 heavy (non-hydrogen) atoms. The maximum absolute atomic E-state index is 12.7. The van der Waals surface area contributed by atoms with Crippen LogP contribution in [0.15, 0.2) is 0 Å². The maximum atomic E-state index is 12.7. The van der Waals surface area contributed by atoms with Crippen LogP contribution in [-0.2, 0) is 9.59 Å². The molecule has 2 unspecified atom stereocenters. The zero-order valence-electron chi connectivity index (χ0n) is 12.4. The van der Waals surface area contributed by atoms with Gasteiger partial charge in [-0.05, 0) is 56.8 Å². The highest BCUT2D eigenvalue weighted by atomic mass is 35.5. The number of rotatable bonds is 3. The van der Waals surface area contributed by atoms with E-state index < -0.39 is 0 Å². The lowest BCUT2D eigenvalue weighted by atomic mass is 9.49. The fraction of sp³-hybridized carbons (Fsp3) is 0.875. The normalized spacial score (nSPS) is 43.6. The molecule has 4 bridgehead atoms. The van der Waals surface area contributed by atoms with Crippen molar-refractivity contribution in [2.75, 3.05) is 19.6 Å². The van der Waals surface area contributed by atoms with Gasteiger partial charge < -0.3 is 10.2 Å². The van der Waals surface area contributed by atoms with E-state index >= 15 is 0 Å². The number of likely N-dealkylation sites (tertiary alicyclic amines) is 1. The van der Waals surface area contributed by atoms with Crippen LogP contribution in [0.4, 0.5) is 0 Å². The molecular weight excluding hydrogens is 288 g/mol. The van der Waals surface area contributed by atoms with Crippen LogP contribution < -0.4 is 5.32 Å². The number of halogens is 1. The summed E-state index contributed by atoms with van der Waals surface area (Å²) < 4.78 is 0. The quantitative estimate of drug-likeness (QED) is 0.810. The number of hydrogen-bond donors (Lipinski definition) is 1. The Balaban J connectivity index is 1.43. The molecule has 1 N–H and O–H groups in total. The summed E-state index contributed by atoms with van der Waals surface area (Å²) >= 11 is 6.75. The van der Waals surface area contributed by atoms with Gasteiger partial charge in [-0.25, -0.2) is 0 Å². The Morgan fingerprint density at radius 1 is 1.14 bits per heavy atom. The number of alkyl halides is 1. The molecule has 0 radical (unpaired) electrons. The first-order chi connectivity index (χ1) is 9.98. The molecule has 4 nitrogen and oxygen atoms in total. The van der Waals surface area contributed by atoms with Gasteiger partial charge in [-0.3, -0.25) is 9.59 Å². The minimum Gasteiger partial charge on any atom is -0.347 e. The first-order valence-electron chi connectivity index (χ1n) is 8.23. The van der Waals surface area contributed by atoms with E-state index in [0.29, 0.717) is 11.8 Å². The van der Waals surface area contributed by atoms with Crippen molar-refractivity contribution in [3.63, 3.8) is 0 Å². The molecule has 5 fully saturated rings. The molecule has 0 aromatic rings. The first-order valence-corrected chi connectivity index (χ1v) is 8.61. The van der Waals surface area contributed by atoms with Gasteiger partial charge in [-0.1, -0.05) is 0 Å². The Morgan fingerprint density at radius 3 is 2.33 bits per heavy atom. The Kier molecular flexibility index (Phi) is 3.04. The lowest BCUT2D eigenvalue weighted by molar-refractivity contribution is -0.147. The summed E-state index contributed by atoms with van der Waals surface area (Å²) in [5, 5.41) is 2.92. The summed E-state index contributed by atoms with van der Waals surface area (Å²) in [5.74, 6) is 1.36. The van der Waals surface area contributed by atoms with Gasteiger partial charge in [0.25, 0.3) is 0 Å². The zero-order valence-corrected chi connectivity index (χ0v) is 13.1. The van der Waals surface area contributed by atoms with E-state index in [-0.39, 0.29) is 28.6 Å². The van der Waals surface area contributed by atoms with E-state index in [1.54, 1.807) is 0 Å². The Bertz CT molecular complexity index is 475. The largest absolute Gasteiger partial charge is 0.347 e.